The maximum atomic E-state index is 12.8. The van der Waals surface area contributed by atoms with E-state index in [4.69, 9.17) is 0 Å². The number of carbonyl (C=O) groups is 1. The van der Waals surface area contributed by atoms with E-state index in [0.717, 1.165) is 5.56 Å². The summed E-state index contributed by atoms with van der Waals surface area (Å²) >= 11 is 0. The molecule has 0 aliphatic heterocycles. The van der Waals surface area contributed by atoms with E-state index in [9.17, 15) is 18.3 Å². The Kier molecular flexibility index (Phi) is 6.39. The summed E-state index contributed by atoms with van der Waals surface area (Å²) in [5.41, 5.74) is 1.28. The van der Waals surface area contributed by atoms with Crippen molar-refractivity contribution >= 4 is 21.7 Å². The SMILES string of the molecule is CCC(C)NS(=O)(=O)c1cc(C(=O)O)ccc1NC(C)c1ccccc1. The molecule has 2 rings (SSSR count). The standard InChI is InChI=1S/C19H24N2O4S/c1-4-13(2)21-26(24,25)18-12-16(19(22)23)10-11-17(18)20-14(3)15-8-6-5-7-9-15/h5-14,20-21H,4H2,1-3H3,(H,22,23). The third-order valence-corrected chi connectivity index (χ3v) is 5.79. The molecular weight excluding hydrogens is 352 g/mol. The molecule has 0 amide bonds. The molecule has 0 aliphatic rings. The number of anilines is 1. The largest absolute Gasteiger partial charge is 0.478 e. The van der Waals surface area contributed by atoms with Crippen molar-refractivity contribution in [3.05, 3.63) is 59.7 Å². The summed E-state index contributed by atoms with van der Waals surface area (Å²) in [7, 11) is -3.86. The molecule has 0 spiro atoms. The molecule has 2 unspecified atom stereocenters. The normalized spacial score (nSPS) is 13.8. The number of benzene rings is 2. The van der Waals surface area contributed by atoms with Crippen LogP contribution in [0.3, 0.4) is 0 Å². The van der Waals surface area contributed by atoms with E-state index in [1.54, 1.807) is 6.92 Å². The zero-order valence-electron chi connectivity index (χ0n) is 15.1. The van der Waals surface area contributed by atoms with Crippen LogP contribution < -0.4 is 10.0 Å². The highest BCUT2D eigenvalue weighted by molar-refractivity contribution is 7.89. The molecule has 0 fully saturated rings. The van der Waals surface area contributed by atoms with Gasteiger partial charge in [-0.15, -0.1) is 0 Å². The van der Waals surface area contributed by atoms with Gasteiger partial charge in [-0.2, -0.15) is 0 Å². The van der Waals surface area contributed by atoms with Gasteiger partial charge in [0.25, 0.3) is 0 Å². The Morgan fingerprint density at radius 2 is 1.77 bits per heavy atom. The second-order valence-electron chi connectivity index (χ2n) is 6.22. The highest BCUT2D eigenvalue weighted by Crippen LogP contribution is 2.27. The van der Waals surface area contributed by atoms with Crippen molar-refractivity contribution in [2.24, 2.45) is 0 Å². The second-order valence-corrected chi connectivity index (χ2v) is 7.91. The zero-order chi connectivity index (χ0) is 19.3. The summed E-state index contributed by atoms with van der Waals surface area (Å²) in [5, 5.41) is 12.4. The van der Waals surface area contributed by atoms with Crippen LogP contribution in [0.1, 0.15) is 49.2 Å². The van der Waals surface area contributed by atoms with Crippen LogP contribution in [0.15, 0.2) is 53.4 Å². The first-order chi connectivity index (χ1) is 12.2. The minimum atomic E-state index is -3.86. The van der Waals surface area contributed by atoms with E-state index in [-0.39, 0.29) is 22.5 Å². The number of carboxylic acids is 1. The fourth-order valence-corrected chi connectivity index (χ4v) is 3.99. The van der Waals surface area contributed by atoms with Crippen molar-refractivity contribution in [2.45, 2.75) is 44.2 Å². The minimum Gasteiger partial charge on any atom is -0.478 e. The Morgan fingerprint density at radius 3 is 2.35 bits per heavy atom. The van der Waals surface area contributed by atoms with Crippen LogP contribution in [-0.2, 0) is 10.0 Å². The Labute approximate surface area is 154 Å². The van der Waals surface area contributed by atoms with Gasteiger partial charge in [-0.3, -0.25) is 0 Å². The van der Waals surface area contributed by atoms with Gasteiger partial charge in [-0.1, -0.05) is 37.3 Å². The number of aromatic carboxylic acids is 1. The Morgan fingerprint density at radius 1 is 1.12 bits per heavy atom. The molecule has 26 heavy (non-hydrogen) atoms. The quantitative estimate of drug-likeness (QED) is 0.654. The van der Waals surface area contributed by atoms with Crippen molar-refractivity contribution < 1.29 is 18.3 Å². The number of carboxylic acid groups (broad SMARTS) is 1. The number of rotatable bonds is 8. The number of sulfonamides is 1. The minimum absolute atomic E-state index is 0.0690. The topological polar surface area (TPSA) is 95.5 Å². The van der Waals surface area contributed by atoms with Gasteiger partial charge in [0.05, 0.1) is 11.3 Å². The van der Waals surface area contributed by atoms with Crippen molar-refractivity contribution in [3.63, 3.8) is 0 Å². The number of hydrogen-bond acceptors (Lipinski definition) is 4. The summed E-state index contributed by atoms with van der Waals surface area (Å²) in [5.74, 6) is -1.17. The smallest absolute Gasteiger partial charge is 0.335 e. The molecule has 0 saturated carbocycles. The average Bonchev–Trinajstić information content (AvgIpc) is 2.61. The van der Waals surface area contributed by atoms with E-state index < -0.39 is 16.0 Å². The molecule has 140 valence electrons. The van der Waals surface area contributed by atoms with E-state index in [2.05, 4.69) is 10.0 Å². The maximum Gasteiger partial charge on any atom is 0.335 e. The van der Waals surface area contributed by atoms with Crippen molar-refractivity contribution in [2.75, 3.05) is 5.32 Å². The van der Waals surface area contributed by atoms with Gasteiger partial charge < -0.3 is 10.4 Å². The van der Waals surface area contributed by atoms with Gasteiger partial charge in [0, 0.05) is 12.1 Å². The lowest BCUT2D eigenvalue weighted by Crippen LogP contribution is -2.32. The Bertz CT molecular complexity index is 866. The van der Waals surface area contributed by atoms with Crippen LogP contribution in [0.4, 0.5) is 5.69 Å². The lowest BCUT2D eigenvalue weighted by atomic mass is 10.1. The fraction of sp³-hybridized carbons (Fsp3) is 0.316. The number of hydrogen-bond donors (Lipinski definition) is 3. The molecule has 2 aromatic rings. The molecule has 7 heteroatoms. The molecule has 0 saturated heterocycles. The molecule has 0 bridgehead atoms. The van der Waals surface area contributed by atoms with Crippen LogP contribution in [-0.4, -0.2) is 25.5 Å². The molecule has 0 radical (unpaired) electrons. The summed E-state index contributed by atoms with van der Waals surface area (Å²) in [6.45, 7) is 5.55. The fourth-order valence-electron chi connectivity index (χ4n) is 2.47. The molecule has 6 nitrogen and oxygen atoms in total. The lowest BCUT2D eigenvalue weighted by Gasteiger charge is -2.20. The lowest BCUT2D eigenvalue weighted by molar-refractivity contribution is 0.0696. The van der Waals surface area contributed by atoms with E-state index in [0.29, 0.717) is 12.1 Å². The molecule has 2 atom stereocenters. The Hall–Kier alpha value is -2.38. The highest BCUT2D eigenvalue weighted by Gasteiger charge is 2.23. The van der Waals surface area contributed by atoms with Crippen molar-refractivity contribution in [1.82, 2.24) is 4.72 Å². The molecule has 0 aromatic heterocycles. The van der Waals surface area contributed by atoms with Crippen molar-refractivity contribution in [3.8, 4) is 0 Å². The van der Waals surface area contributed by atoms with E-state index >= 15 is 0 Å². The third-order valence-electron chi connectivity index (χ3n) is 4.16. The molecule has 0 aliphatic carbocycles. The first-order valence-electron chi connectivity index (χ1n) is 8.45. The first kappa shape index (κ1) is 19.9. The van der Waals surface area contributed by atoms with E-state index in [1.165, 1.54) is 18.2 Å². The van der Waals surface area contributed by atoms with Gasteiger partial charge >= 0.3 is 5.97 Å². The number of nitrogens with one attached hydrogen (secondary N) is 2. The van der Waals surface area contributed by atoms with Crippen LogP contribution in [0, 0.1) is 0 Å². The van der Waals surface area contributed by atoms with Gasteiger partial charge in [0.1, 0.15) is 4.90 Å². The van der Waals surface area contributed by atoms with Crippen LogP contribution in [0.25, 0.3) is 0 Å². The van der Waals surface area contributed by atoms with Crippen LogP contribution in [0.2, 0.25) is 0 Å². The van der Waals surface area contributed by atoms with Crippen LogP contribution >= 0.6 is 0 Å². The zero-order valence-corrected chi connectivity index (χ0v) is 15.9. The third kappa shape index (κ3) is 4.83. The van der Waals surface area contributed by atoms with Gasteiger partial charge in [0.2, 0.25) is 10.0 Å². The van der Waals surface area contributed by atoms with Gasteiger partial charge in [0.15, 0.2) is 0 Å². The Balaban J connectivity index is 2.44. The second kappa shape index (κ2) is 8.33. The maximum absolute atomic E-state index is 12.8. The average molecular weight is 376 g/mol. The summed E-state index contributed by atoms with van der Waals surface area (Å²) in [4.78, 5) is 11.2. The highest BCUT2D eigenvalue weighted by atomic mass is 32.2. The molecule has 3 N–H and O–H groups in total. The summed E-state index contributed by atoms with van der Waals surface area (Å²) in [6.07, 6.45) is 0.626. The molecule has 2 aromatic carbocycles. The molecule has 0 heterocycles. The molecular formula is C19H24N2O4S. The van der Waals surface area contributed by atoms with E-state index in [1.807, 2.05) is 44.2 Å². The monoisotopic (exact) mass is 376 g/mol. The van der Waals surface area contributed by atoms with Gasteiger partial charge in [-0.25, -0.2) is 17.9 Å². The summed E-state index contributed by atoms with van der Waals surface area (Å²) in [6, 6.07) is 13.3. The van der Waals surface area contributed by atoms with Crippen molar-refractivity contribution in [1.29, 1.82) is 0 Å². The van der Waals surface area contributed by atoms with Crippen LogP contribution in [0.5, 0.6) is 0 Å². The summed E-state index contributed by atoms with van der Waals surface area (Å²) < 4.78 is 28.1. The van der Waals surface area contributed by atoms with Gasteiger partial charge in [-0.05, 0) is 44.0 Å². The first-order valence-corrected chi connectivity index (χ1v) is 9.94. The predicted octanol–water partition coefficient (Wildman–Crippen LogP) is 3.63. The predicted molar refractivity (Wildman–Crippen MR) is 102 cm³/mol.